The topological polar surface area (TPSA) is 126 Å². The standard InChI is InChI=1S/C25H21ClN2O8/c1-33-21-12-20-22(24(35-3)23(21)34-2)18(29)11-19(36-20)13-5-4-6-14(9-13)27-25(30)16-10-15(28(31)32)7-8-17(16)26/h4-10,12,19H,11H2,1-3H3,(H,27,30). The Bertz CT molecular complexity index is 1370. The predicted molar refractivity (Wildman–Crippen MR) is 131 cm³/mol. The molecule has 1 aliphatic heterocycles. The molecular weight excluding hydrogens is 492 g/mol. The van der Waals surface area contributed by atoms with Gasteiger partial charge in [0.05, 0.1) is 43.3 Å². The molecule has 1 aliphatic rings. The number of benzene rings is 3. The minimum absolute atomic E-state index is 0.0208. The number of nitrogens with zero attached hydrogens (tertiary/aromatic N) is 1. The summed E-state index contributed by atoms with van der Waals surface area (Å²) in [6, 6.07) is 11.9. The number of rotatable bonds is 7. The van der Waals surface area contributed by atoms with Gasteiger partial charge in [-0.1, -0.05) is 23.7 Å². The second-order valence-electron chi connectivity index (χ2n) is 7.75. The van der Waals surface area contributed by atoms with Crippen molar-refractivity contribution in [1.82, 2.24) is 0 Å². The Labute approximate surface area is 210 Å². The Kier molecular flexibility index (Phi) is 6.98. The molecule has 0 aromatic heterocycles. The van der Waals surface area contributed by atoms with Crippen molar-refractivity contribution in [3.8, 4) is 23.0 Å². The van der Waals surface area contributed by atoms with Crippen LogP contribution in [0.15, 0.2) is 48.5 Å². The zero-order valence-electron chi connectivity index (χ0n) is 19.5. The number of nitrogens with one attached hydrogen (secondary N) is 1. The van der Waals surface area contributed by atoms with Gasteiger partial charge in [-0.05, 0) is 23.8 Å². The number of methoxy groups -OCH3 is 3. The van der Waals surface area contributed by atoms with Gasteiger partial charge in [0.15, 0.2) is 17.3 Å². The van der Waals surface area contributed by atoms with Gasteiger partial charge < -0.3 is 24.3 Å². The van der Waals surface area contributed by atoms with E-state index >= 15 is 0 Å². The molecule has 4 rings (SSSR count). The number of nitro groups is 1. The Hall–Kier alpha value is -4.31. The molecule has 0 fully saturated rings. The molecule has 1 N–H and O–H groups in total. The lowest BCUT2D eigenvalue weighted by atomic mass is 9.94. The maximum atomic E-state index is 13.1. The number of Topliss-reactive ketones (excluding diaryl/α,β-unsaturated/α-hetero) is 1. The molecule has 0 aliphatic carbocycles. The van der Waals surface area contributed by atoms with E-state index in [1.54, 1.807) is 30.3 Å². The lowest BCUT2D eigenvalue weighted by Crippen LogP contribution is -2.22. The van der Waals surface area contributed by atoms with Gasteiger partial charge in [-0.3, -0.25) is 19.7 Å². The van der Waals surface area contributed by atoms with Gasteiger partial charge in [-0.2, -0.15) is 0 Å². The van der Waals surface area contributed by atoms with E-state index in [1.165, 1.54) is 33.5 Å². The SMILES string of the molecule is COc1cc2c(c(OC)c1OC)C(=O)CC(c1cccc(NC(=O)c3cc([N+](=O)[O-])ccc3Cl)c1)O2. The minimum Gasteiger partial charge on any atom is -0.493 e. The summed E-state index contributed by atoms with van der Waals surface area (Å²) < 4.78 is 22.3. The van der Waals surface area contributed by atoms with Crippen molar-refractivity contribution in [2.45, 2.75) is 12.5 Å². The number of non-ortho nitro benzene ring substituents is 1. The van der Waals surface area contributed by atoms with Crippen molar-refractivity contribution in [2.75, 3.05) is 26.6 Å². The summed E-state index contributed by atoms with van der Waals surface area (Å²) in [7, 11) is 4.34. The van der Waals surface area contributed by atoms with Gasteiger partial charge >= 0.3 is 0 Å². The van der Waals surface area contributed by atoms with E-state index in [2.05, 4.69) is 5.32 Å². The number of halogens is 1. The molecule has 0 bridgehead atoms. The van der Waals surface area contributed by atoms with E-state index in [0.717, 1.165) is 6.07 Å². The lowest BCUT2D eigenvalue weighted by Gasteiger charge is -2.28. The fourth-order valence-corrected chi connectivity index (χ4v) is 4.16. The van der Waals surface area contributed by atoms with Gasteiger partial charge in [0.1, 0.15) is 17.4 Å². The molecule has 0 saturated heterocycles. The fourth-order valence-electron chi connectivity index (χ4n) is 3.96. The molecule has 1 atom stereocenters. The molecule has 1 unspecified atom stereocenters. The van der Waals surface area contributed by atoms with Gasteiger partial charge in [0.25, 0.3) is 11.6 Å². The van der Waals surface area contributed by atoms with Crippen molar-refractivity contribution in [3.63, 3.8) is 0 Å². The Morgan fingerprint density at radius 1 is 1.08 bits per heavy atom. The molecule has 0 saturated carbocycles. The number of nitro benzene ring substituents is 1. The van der Waals surface area contributed by atoms with Crippen LogP contribution in [0, 0.1) is 10.1 Å². The molecule has 0 spiro atoms. The van der Waals surface area contributed by atoms with Crippen LogP contribution in [0.3, 0.4) is 0 Å². The van der Waals surface area contributed by atoms with E-state index in [9.17, 15) is 19.7 Å². The summed E-state index contributed by atoms with van der Waals surface area (Å²) in [5.41, 5.74) is 0.990. The van der Waals surface area contributed by atoms with Crippen molar-refractivity contribution in [1.29, 1.82) is 0 Å². The average molecular weight is 513 g/mol. The van der Waals surface area contributed by atoms with Gasteiger partial charge in [-0.25, -0.2) is 0 Å². The summed E-state index contributed by atoms with van der Waals surface area (Å²) in [5, 5.41) is 13.8. The maximum absolute atomic E-state index is 13.1. The first-order valence-electron chi connectivity index (χ1n) is 10.7. The third-order valence-electron chi connectivity index (χ3n) is 5.63. The molecule has 11 heteroatoms. The first-order valence-corrected chi connectivity index (χ1v) is 11.0. The molecule has 0 radical (unpaired) electrons. The van der Waals surface area contributed by atoms with Crippen LogP contribution in [-0.2, 0) is 0 Å². The molecule has 3 aromatic rings. The van der Waals surface area contributed by atoms with E-state index in [4.69, 9.17) is 30.5 Å². The van der Waals surface area contributed by atoms with Gasteiger partial charge in [0.2, 0.25) is 5.75 Å². The van der Waals surface area contributed by atoms with Crippen molar-refractivity contribution >= 4 is 34.7 Å². The molecule has 10 nitrogen and oxygen atoms in total. The largest absolute Gasteiger partial charge is 0.493 e. The Balaban J connectivity index is 1.62. The molecule has 3 aromatic carbocycles. The number of carbonyl (C=O) groups is 2. The minimum atomic E-state index is -0.647. The second kappa shape index (κ2) is 10.1. The number of fused-ring (bicyclic) bond motifs is 1. The van der Waals surface area contributed by atoms with E-state index < -0.39 is 16.9 Å². The third kappa shape index (κ3) is 4.63. The highest BCUT2D eigenvalue weighted by Crippen LogP contribution is 2.49. The Morgan fingerprint density at radius 2 is 1.83 bits per heavy atom. The number of hydrogen-bond acceptors (Lipinski definition) is 8. The van der Waals surface area contributed by atoms with Crippen LogP contribution in [0.4, 0.5) is 11.4 Å². The summed E-state index contributed by atoms with van der Waals surface area (Å²) in [6.45, 7) is 0. The monoisotopic (exact) mass is 512 g/mol. The summed E-state index contributed by atoms with van der Waals surface area (Å²) in [6.07, 6.45) is -0.626. The zero-order valence-corrected chi connectivity index (χ0v) is 20.3. The highest BCUT2D eigenvalue weighted by molar-refractivity contribution is 6.34. The fraction of sp³-hybridized carbons (Fsp3) is 0.200. The van der Waals surface area contributed by atoms with E-state index in [0.29, 0.717) is 22.7 Å². The number of anilines is 1. The van der Waals surface area contributed by atoms with Crippen LogP contribution in [0.2, 0.25) is 5.02 Å². The number of amides is 1. The van der Waals surface area contributed by atoms with Crippen LogP contribution in [0.5, 0.6) is 23.0 Å². The first kappa shape index (κ1) is 24.8. The normalized spacial score (nSPS) is 14.3. The molecule has 186 valence electrons. The lowest BCUT2D eigenvalue weighted by molar-refractivity contribution is -0.384. The van der Waals surface area contributed by atoms with Crippen molar-refractivity contribution in [2.24, 2.45) is 0 Å². The van der Waals surface area contributed by atoms with Crippen molar-refractivity contribution in [3.05, 3.63) is 80.4 Å². The van der Waals surface area contributed by atoms with Crippen LogP contribution in [0.25, 0.3) is 0 Å². The van der Waals surface area contributed by atoms with E-state index in [-0.39, 0.29) is 45.5 Å². The summed E-state index contributed by atoms with van der Waals surface area (Å²) in [5.74, 6) is 0.314. The maximum Gasteiger partial charge on any atom is 0.270 e. The zero-order chi connectivity index (χ0) is 26.0. The van der Waals surface area contributed by atoms with Crippen molar-refractivity contribution < 1.29 is 33.5 Å². The number of carbonyl (C=O) groups excluding carboxylic acids is 2. The number of ketones is 1. The summed E-state index contributed by atoms with van der Waals surface area (Å²) in [4.78, 5) is 36.3. The highest BCUT2D eigenvalue weighted by atomic mass is 35.5. The van der Waals surface area contributed by atoms with Crippen LogP contribution < -0.4 is 24.3 Å². The van der Waals surface area contributed by atoms with E-state index in [1.807, 2.05) is 0 Å². The third-order valence-corrected chi connectivity index (χ3v) is 5.96. The van der Waals surface area contributed by atoms with Crippen LogP contribution >= 0.6 is 11.6 Å². The average Bonchev–Trinajstić information content (AvgIpc) is 2.87. The van der Waals surface area contributed by atoms with Gasteiger partial charge in [-0.15, -0.1) is 0 Å². The van der Waals surface area contributed by atoms with Crippen LogP contribution in [0.1, 0.15) is 38.8 Å². The smallest absolute Gasteiger partial charge is 0.270 e. The molecular formula is C25H21ClN2O8. The molecule has 1 heterocycles. The molecule has 1 amide bonds. The van der Waals surface area contributed by atoms with Crippen LogP contribution in [-0.4, -0.2) is 37.9 Å². The van der Waals surface area contributed by atoms with Gasteiger partial charge in [0, 0.05) is 23.9 Å². The quantitative estimate of drug-likeness (QED) is 0.336. The number of ether oxygens (including phenoxy) is 4. The summed E-state index contributed by atoms with van der Waals surface area (Å²) >= 11 is 6.08. The highest BCUT2D eigenvalue weighted by Gasteiger charge is 2.34. The second-order valence-corrected chi connectivity index (χ2v) is 8.16. The predicted octanol–water partition coefficient (Wildman–Crippen LogP) is 5.23. The Morgan fingerprint density at radius 3 is 2.50 bits per heavy atom. The first-order chi connectivity index (χ1) is 17.3. The number of hydrogen-bond donors (Lipinski definition) is 1. The molecule has 36 heavy (non-hydrogen) atoms.